The molecule has 31 heavy (non-hydrogen) atoms. The highest BCUT2D eigenvalue weighted by molar-refractivity contribution is 6.30. The van der Waals surface area contributed by atoms with Crippen molar-refractivity contribution < 1.29 is 4.79 Å². The summed E-state index contributed by atoms with van der Waals surface area (Å²) in [6.07, 6.45) is 3.19. The number of benzene rings is 3. The van der Waals surface area contributed by atoms with Gasteiger partial charge in [0.05, 0.1) is 23.0 Å². The normalized spacial score (nSPS) is 11.0. The summed E-state index contributed by atoms with van der Waals surface area (Å²) in [4.78, 5) is 30.7. The maximum absolute atomic E-state index is 13.2. The molecule has 0 aliphatic carbocycles. The van der Waals surface area contributed by atoms with Crippen LogP contribution in [0.25, 0.3) is 27.4 Å². The van der Waals surface area contributed by atoms with Gasteiger partial charge in [-0.1, -0.05) is 48.0 Å². The van der Waals surface area contributed by atoms with Gasteiger partial charge in [-0.2, -0.15) is 0 Å². The van der Waals surface area contributed by atoms with E-state index in [1.807, 2.05) is 36.4 Å². The third kappa shape index (κ3) is 3.56. The maximum atomic E-state index is 13.2. The molecule has 2 aromatic heterocycles. The standard InChI is InChI=1S/C25H16ClN3O2/c26-17-9-11-19(12-10-17)29-15-22(20-6-2-3-7-21(20)25(29)31)24(30)28-18-13-16-5-1-4-8-23(16)27-14-18/h1-15H,(H,28,30). The van der Waals surface area contributed by atoms with Gasteiger partial charge in [-0.25, -0.2) is 0 Å². The van der Waals surface area contributed by atoms with Crippen LogP contribution in [0.15, 0.2) is 96.1 Å². The van der Waals surface area contributed by atoms with E-state index in [1.54, 1.807) is 54.9 Å². The van der Waals surface area contributed by atoms with E-state index >= 15 is 0 Å². The maximum Gasteiger partial charge on any atom is 0.262 e. The highest BCUT2D eigenvalue weighted by Crippen LogP contribution is 2.21. The Morgan fingerprint density at radius 1 is 0.903 bits per heavy atom. The Morgan fingerprint density at radius 2 is 1.61 bits per heavy atom. The fraction of sp³-hybridized carbons (Fsp3) is 0. The van der Waals surface area contributed by atoms with Crippen LogP contribution in [0.1, 0.15) is 10.4 Å². The lowest BCUT2D eigenvalue weighted by atomic mass is 10.1. The van der Waals surface area contributed by atoms with Gasteiger partial charge in [-0.15, -0.1) is 0 Å². The Labute approximate surface area is 182 Å². The number of aromatic nitrogens is 2. The summed E-state index contributed by atoms with van der Waals surface area (Å²) in [6, 6.07) is 23.6. The molecule has 0 unspecified atom stereocenters. The Bertz CT molecular complexity index is 1510. The summed E-state index contributed by atoms with van der Waals surface area (Å²) < 4.78 is 1.46. The second-order valence-electron chi connectivity index (χ2n) is 7.11. The third-order valence-corrected chi connectivity index (χ3v) is 5.37. The van der Waals surface area contributed by atoms with Gasteiger partial charge in [0.2, 0.25) is 0 Å². The van der Waals surface area contributed by atoms with E-state index in [0.29, 0.717) is 32.7 Å². The number of carbonyl (C=O) groups excluding carboxylic acids is 1. The van der Waals surface area contributed by atoms with Crippen molar-refractivity contribution in [3.63, 3.8) is 0 Å². The molecule has 0 atom stereocenters. The first kappa shape index (κ1) is 19.0. The zero-order chi connectivity index (χ0) is 21.4. The summed E-state index contributed by atoms with van der Waals surface area (Å²) in [6.45, 7) is 0. The quantitative estimate of drug-likeness (QED) is 0.418. The summed E-state index contributed by atoms with van der Waals surface area (Å²) in [5.74, 6) is -0.323. The van der Waals surface area contributed by atoms with Gasteiger partial charge in [-0.05, 0) is 42.5 Å². The molecule has 5 rings (SSSR count). The van der Waals surface area contributed by atoms with Gasteiger partial charge < -0.3 is 5.32 Å². The van der Waals surface area contributed by atoms with Crippen molar-refractivity contribution in [2.24, 2.45) is 0 Å². The van der Waals surface area contributed by atoms with Crippen LogP contribution in [0, 0.1) is 0 Å². The van der Waals surface area contributed by atoms with Gasteiger partial charge in [0, 0.05) is 33.1 Å². The van der Waals surface area contributed by atoms with Crippen LogP contribution in [0.3, 0.4) is 0 Å². The molecule has 2 heterocycles. The van der Waals surface area contributed by atoms with E-state index in [1.165, 1.54) is 4.57 Å². The number of carbonyl (C=O) groups is 1. The number of fused-ring (bicyclic) bond motifs is 2. The number of pyridine rings is 2. The van der Waals surface area contributed by atoms with Gasteiger partial charge >= 0.3 is 0 Å². The molecule has 6 heteroatoms. The van der Waals surface area contributed by atoms with Crippen molar-refractivity contribution in [1.82, 2.24) is 9.55 Å². The lowest BCUT2D eigenvalue weighted by Gasteiger charge is -2.13. The molecule has 3 aromatic carbocycles. The van der Waals surface area contributed by atoms with Crippen LogP contribution in [0.5, 0.6) is 0 Å². The van der Waals surface area contributed by atoms with Crippen LogP contribution < -0.4 is 10.9 Å². The monoisotopic (exact) mass is 425 g/mol. The molecule has 0 saturated carbocycles. The van der Waals surface area contributed by atoms with Crippen LogP contribution >= 0.6 is 11.6 Å². The minimum Gasteiger partial charge on any atom is -0.321 e. The number of para-hydroxylation sites is 1. The van der Waals surface area contributed by atoms with Crippen molar-refractivity contribution in [3.8, 4) is 5.69 Å². The Balaban J connectivity index is 1.62. The predicted octanol–water partition coefficient (Wildman–Crippen LogP) is 5.44. The molecule has 5 aromatic rings. The number of halogens is 1. The Morgan fingerprint density at radius 3 is 2.42 bits per heavy atom. The van der Waals surface area contributed by atoms with Gasteiger partial charge in [-0.3, -0.25) is 19.1 Å². The third-order valence-electron chi connectivity index (χ3n) is 5.12. The number of rotatable bonds is 3. The van der Waals surface area contributed by atoms with Crippen LogP contribution in [-0.4, -0.2) is 15.5 Å². The van der Waals surface area contributed by atoms with Crippen LogP contribution in [-0.2, 0) is 0 Å². The van der Waals surface area contributed by atoms with Crippen molar-refractivity contribution in [2.75, 3.05) is 5.32 Å². The van der Waals surface area contributed by atoms with Crippen LogP contribution in [0.2, 0.25) is 5.02 Å². The van der Waals surface area contributed by atoms with E-state index in [0.717, 1.165) is 10.9 Å². The number of anilines is 1. The number of nitrogens with one attached hydrogen (secondary N) is 1. The van der Waals surface area contributed by atoms with E-state index in [2.05, 4.69) is 10.3 Å². The SMILES string of the molecule is O=C(Nc1cnc2ccccc2c1)c1cn(-c2ccc(Cl)cc2)c(=O)c2ccccc12. The highest BCUT2D eigenvalue weighted by atomic mass is 35.5. The van der Waals surface area contributed by atoms with Crippen molar-refractivity contribution in [1.29, 1.82) is 0 Å². The molecule has 150 valence electrons. The molecular weight excluding hydrogens is 410 g/mol. The van der Waals surface area contributed by atoms with Crippen molar-refractivity contribution >= 4 is 44.9 Å². The first-order valence-electron chi connectivity index (χ1n) is 9.67. The summed E-state index contributed by atoms with van der Waals surface area (Å²) >= 11 is 5.99. The lowest BCUT2D eigenvalue weighted by Crippen LogP contribution is -2.22. The van der Waals surface area contributed by atoms with E-state index < -0.39 is 0 Å². The lowest BCUT2D eigenvalue weighted by molar-refractivity contribution is 0.102. The molecule has 0 saturated heterocycles. The first-order valence-corrected chi connectivity index (χ1v) is 10.0. The molecular formula is C25H16ClN3O2. The first-order chi connectivity index (χ1) is 15.1. The molecule has 0 aliphatic rings. The summed E-state index contributed by atoms with van der Waals surface area (Å²) in [5.41, 5.74) is 2.24. The fourth-order valence-corrected chi connectivity index (χ4v) is 3.73. The van der Waals surface area contributed by atoms with Gasteiger partial charge in [0.1, 0.15) is 0 Å². The van der Waals surface area contributed by atoms with E-state index in [4.69, 9.17) is 11.6 Å². The Kier molecular flexibility index (Phi) is 4.73. The minimum atomic E-state index is -0.323. The highest BCUT2D eigenvalue weighted by Gasteiger charge is 2.16. The largest absolute Gasteiger partial charge is 0.321 e. The molecule has 0 bridgehead atoms. The topological polar surface area (TPSA) is 64.0 Å². The minimum absolute atomic E-state index is 0.207. The summed E-state index contributed by atoms with van der Waals surface area (Å²) in [5, 5.41) is 5.45. The Hall–Kier alpha value is -3.96. The van der Waals surface area contributed by atoms with Gasteiger partial charge in [0.25, 0.3) is 11.5 Å². The second-order valence-corrected chi connectivity index (χ2v) is 7.55. The molecule has 0 fully saturated rings. The molecule has 0 aliphatic heterocycles. The van der Waals surface area contributed by atoms with E-state index in [-0.39, 0.29) is 11.5 Å². The molecule has 1 N–H and O–H groups in total. The molecule has 1 amide bonds. The zero-order valence-corrected chi connectivity index (χ0v) is 17.0. The number of amides is 1. The average molecular weight is 426 g/mol. The number of hydrogen-bond acceptors (Lipinski definition) is 3. The number of nitrogens with zero attached hydrogens (tertiary/aromatic N) is 2. The fourth-order valence-electron chi connectivity index (χ4n) is 3.60. The predicted molar refractivity (Wildman–Crippen MR) is 124 cm³/mol. The second kappa shape index (κ2) is 7.70. The van der Waals surface area contributed by atoms with Crippen LogP contribution in [0.4, 0.5) is 5.69 Å². The molecule has 0 radical (unpaired) electrons. The summed E-state index contributed by atoms with van der Waals surface area (Å²) in [7, 11) is 0. The molecule has 0 spiro atoms. The molecule has 5 nitrogen and oxygen atoms in total. The smallest absolute Gasteiger partial charge is 0.262 e. The average Bonchev–Trinajstić information content (AvgIpc) is 2.80. The van der Waals surface area contributed by atoms with E-state index in [9.17, 15) is 9.59 Å². The van der Waals surface area contributed by atoms with Crippen molar-refractivity contribution in [3.05, 3.63) is 112 Å². The number of hydrogen-bond donors (Lipinski definition) is 1. The van der Waals surface area contributed by atoms with Gasteiger partial charge in [0.15, 0.2) is 0 Å². The zero-order valence-electron chi connectivity index (χ0n) is 16.2. The van der Waals surface area contributed by atoms with Crippen molar-refractivity contribution in [2.45, 2.75) is 0 Å².